The van der Waals surface area contributed by atoms with Gasteiger partial charge in [-0.3, -0.25) is 9.58 Å². The Kier molecular flexibility index (Phi) is 6.93. The highest BCUT2D eigenvalue weighted by Gasteiger charge is 2.50. The van der Waals surface area contributed by atoms with Crippen LogP contribution in [0.3, 0.4) is 0 Å². The quantitative estimate of drug-likeness (QED) is 0.516. The smallest absolute Gasteiger partial charge is 0.475 e. The fourth-order valence-electron chi connectivity index (χ4n) is 4.60. The fourth-order valence-corrected chi connectivity index (χ4v) is 6.79. The molecule has 0 aliphatic carbocycles. The molecule has 5 rings (SSSR count). The first kappa shape index (κ1) is 25.8. The van der Waals surface area contributed by atoms with E-state index in [0.29, 0.717) is 24.5 Å². The minimum Gasteiger partial charge on any atom is -0.475 e. The van der Waals surface area contributed by atoms with Gasteiger partial charge in [0, 0.05) is 43.9 Å². The van der Waals surface area contributed by atoms with Crippen molar-refractivity contribution in [3.8, 4) is 11.1 Å². The normalized spacial score (nSPS) is 20.4. The van der Waals surface area contributed by atoms with Crippen LogP contribution in [0.4, 0.5) is 17.6 Å². The Morgan fingerprint density at radius 3 is 2.33 bits per heavy atom. The van der Waals surface area contributed by atoms with Gasteiger partial charge in [0.05, 0.1) is 16.3 Å². The summed E-state index contributed by atoms with van der Waals surface area (Å²) in [5.74, 6) is -3.07. The van der Waals surface area contributed by atoms with Gasteiger partial charge in [0.25, 0.3) is 0 Å². The molecule has 1 N–H and O–H groups in total. The van der Waals surface area contributed by atoms with Crippen LogP contribution in [0, 0.1) is 5.82 Å². The van der Waals surface area contributed by atoms with Crippen LogP contribution in [0.5, 0.6) is 0 Å². The average molecular weight is 526 g/mol. The average Bonchev–Trinajstić information content (AvgIpc) is 3.50. The van der Waals surface area contributed by atoms with E-state index in [0.717, 1.165) is 28.8 Å². The van der Waals surface area contributed by atoms with E-state index in [9.17, 15) is 26.0 Å². The number of benzene rings is 2. The number of halogens is 4. The number of hydrogen-bond donors (Lipinski definition) is 1. The molecule has 0 saturated carbocycles. The SMILES string of the molecule is CCn1cc(CN2CC3c4cc(-c5ccc(F)cc5)ccc4S(=O)(=O)C3C2)cn1.O=C(O)C(F)(F)F. The Morgan fingerprint density at radius 2 is 1.75 bits per heavy atom. The number of rotatable bonds is 4. The standard InChI is InChI=1S/C22H22FN3O2S.C2HF3O2/c1-2-26-12-15(10-24-26)11-25-13-20-19-9-17(16-3-6-18(23)7-4-16)5-8-21(19)29(27,28)22(20)14-25;3-2(4,5)1(6)7/h3-10,12,20,22H,2,11,13-14H2,1H3;(H,6,7). The number of aliphatic carboxylic acids is 1. The number of carboxylic acids is 1. The number of aryl methyl sites for hydroxylation is 1. The summed E-state index contributed by atoms with van der Waals surface area (Å²) < 4.78 is 73.1. The van der Waals surface area contributed by atoms with Crippen LogP contribution in [-0.2, 0) is 27.7 Å². The van der Waals surface area contributed by atoms with Gasteiger partial charge in [-0.15, -0.1) is 0 Å². The van der Waals surface area contributed by atoms with Crippen molar-refractivity contribution in [2.45, 2.75) is 42.3 Å². The number of fused-ring (bicyclic) bond motifs is 3. The van der Waals surface area contributed by atoms with Gasteiger partial charge in [0.15, 0.2) is 9.84 Å². The molecule has 0 radical (unpaired) electrons. The zero-order valence-corrected chi connectivity index (χ0v) is 19.9. The molecule has 1 saturated heterocycles. The molecule has 7 nitrogen and oxygen atoms in total. The molecule has 2 aliphatic heterocycles. The molecule has 3 aromatic rings. The van der Waals surface area contributed by atoms with E-state index < -0.39 is 27.2 Å². The number of sulfone groups is 1. The van der Waals surface area contributed by atoms with E-state index in [-0.39, 0.29) is 11.7 Å². The second-order valence-corrected chi connectivity index (χ2v) is 10.8. The van der Waals surface area contributed by atoms with Crippen molar-refractivity contribution in [1.29, 1.82) is 0 Å². The van der Waals surface area contributed by atoms with Gasteiger partial charge in [-0.25, -0.2) is 17.6 Å². The second-order valence-electron chi connectivity index (χ2n) is 8.65. The number of hydrogen-bond acceptors (Lipinski definition) is 5. The number of carboxylic acid groups (broad SMARTS) is 1. The summed E-state index contributed by atoms with van der Waals surface area (Å²) in [4.78, 5) is 11.6. The topological polar surface area (TPSA) is 92.5 Å². The van der Waals surface area contributed by atoms with E-state index in [2.05, 4.69) is 10.00 Å². The number of carbonyl (C=O) groups is 1. The van der Waals surface area contributed by atoms with E-state index in [4.69, 9.17) is 9.90 Å². The zero-order valence-electron chi connectivity index (χ0n) is 19.1. The highest BCUT2D eigenvalue weighted by molar-refractivity contribution is 7.92. The Balaban J connectivity index is 0.000000384. The number of likely N-dealkylation sites (tertiary alicyclic amines) is 1. The van der Waals surface area contributed by atoms with Crippen LogP contribution < -0.4 is 0 Å². The third kappa shape index (κ3) is 5.14. The highest BCUT2D eigenvalue weighted by atomic mass is 32.2. The van der Waals surface area contributed by atoms with Gasteiger partial charge in [-0.05, 0) is 47.9 Å². The lowest BCUT2D eigenvalue weighted by molar-refractivity contribution is -0.192. The lowest BCUT2D eigenvalue weighted by atomic mass is 9.94. The van der Waals surface area contributed by atoms with Crippen molar-refractivity contribution < 1.29 is 35.9 Å². The van der Waals surface area contributed by atoms with Gasteiger partial charge in [-0.1, -0.05) is 18.2 Å². The molecular weight excluding hydrogens is 502 g/mol. The fraction of sp³-hybridized carbons (Fsp3) is 0.333. The molecule has 0 bridgehead atoms. The summed E-state index contributed by atoms with van der Waals surface area (Å²) in [6.45, 7) is 4.81. The Bertz CT molecular complexity index is 1370. The van der Waals surface area contributed by atoms with Crippen LogP contribution in [-0.4, -0.2) is 58.7 Å². The molecule has 2 aromatic carbocycles. The lowest BCUT2D eigenvalue weighted by Crippen LogP contribution is -2.25. The van der Waals surface area contributed by atoms with Gasteiger partial charge in [0.2, 0.25) is 0 Å². The second kappa shape index (κ2) is 9.66. The van der Waals surface area contributed by atoms with Crippen LogP contribution in [0.2, 0.25) is 0 Å². The number of aromatic nitrogens is 2. The van der Waals surface area contributed by atoms with Gasteiger partial charge in [-0.2, -0.15) is 18.3 Å². The Morgan fingerprint density at radius 1 is 1.11 bits per heavy atom. The molecular formula is C24H23F4N3O4S. The van der Waals surface area contributed by atoms with Crippen LogP contribution in [0.1, 0.15) is 24.0 Å². The lowest BCUT2D eigenvalue weighted by Gasteiger charge is -2.16. The summed E-state index contributed by atoms with van der Waals surface area (Å²) in [7, 11) is -3.34. The summed E-state index contributed by atoms with van der Waals surface area (Å²) in [5, 5.41) is 11.0. The van der Waals surface area contributed by atoms with E-state index in [1.807, 2.05) is 36.1 Å². The molecule has 2 unspecified atom stereocenters. The maximum atomic E-state index is 13.3. The van der Waals surface area contributed by atoms with Crippen LogP contribution in [0.15, 0.2) is 59.8 Å². The molecule has 36 heavy (non-hydrogen) atoms. The highest BCUT2D eigenvalue weighted by Crippen LogP contribution is 2.46. The Labute approximate surface area is 204 Å². The molecule has 0 amide bonds. The first-order valence-electron chi connectivity index (χ1n) is 11.1. The molecule has 3 heterocycles. The predicted molar refractivity (Wildman–Crippen MR) is 122 cm³/mol. The van der Waals surface area contributed by atoms with Gasteiger partial charge < -0.3 is 5.11 Å². The predicted octanol–water partition coefficient (Wildman–Crippen LogP) is 4.10. The summed E-state index contributed by atoms with van der Waals surface area (Å²) in [6, 6.07) is 11.8. The van der Waals surface area contributed by atoms with Crippen molar-refractivity contribution in [2.75, 3.05) is 13.1 Å². The first-order valence-corrected chi connectivity index (χ1v) is 12.6. The number of nitrogens with zero attached hydrogens (tertiary/aromatic N) is 3. The largest absolute Gasteiger partial charge is 0.490 e. The van der Waals surface area contributed by atoms with Crippen molar-refractivity contribution in [1.82, 2.24) is 14.7 Å². The van der Waals surface area contributed by atoms with Gasteiger partial charge >= 0.3 is 12.1 Å². The molecule has 2 aliphatic rings. The molecule has 0 spiro atoms. The van der Waals surface area contributed by atoms with Crippen LogP contribution >= 0.6 is 0 Å². The number of alkyl halides is 3. The van der Waals surface area contributed by atoms with Crippen molar-refractivity contribution in [3.05, 3.63) is 71.8 Å². The molecule has 2 atom stereocenters. The third-order valence-corrected chi connectivity index (χ3v) is 8.55. The van der Waals surface area contributed by atoms with Crippen molar-refractivity contribution in [2.24, 2.45) is 0 Å². The summed E-state index contributed by atoms with van der Waals surface area (Å²) in [6.07, 6.45) is -1.21. The Hall–Kier alpha value is -3.25. The van der Waals surface area contributed by atoms with E-state index in [1.165, 1.54) is 12.1 Å². The molecule has 12 heteroatoms. The monoisotopic (exact) mass is 525 g/mol. The summed E-state index contributed by atoms with van der Waals surface area (Å²) >= 11 is 0. The molecule has 1 fully saturated rings. The minimum absolute atomic E-state index is 0.0309. The summed E-state index contributed by atoms with van der Waals surface area (Å²) in [5.41, 5.74) is 3.80. The van der Waals surface area contributed by atoms with Gasteiger partial charge in [0.1, 0.15) is 5.82 Å². The third-order valence-electron chi connectivity index (χ3n) is 6.29. The maximum Gasteiger partial charge on any atom is 0.490 e. The minimum atomic E-state index is -5.08. The maximum absolute atomic E-state index is 13.3. The molecule has 192 valence electrons. The van der Waals surface area contributed by atoms with Crippen LogP contribution in [0.25, 0.3) is 11.1 Å². The molecule has 1 aromatic heterocycles. The van der Waals surface area contributed by atoms with E-state index >= 15 is 0 Å². The zero-order chi connectivity index (χ0) is 26.3. The van der Waals surface area contributed by atoms with E-state index in [1.54, 1.807) is 18.2 Å². The van der Waals surface area contributed by atoms with Crippen molar-refractivity contribution in [3.63, 3.8) is 0 Å². The first-order chi connectivity index (χ1) is 16.9. The van der Waals surface area contributed by atoms with Crippen molar-refractivity contribution >= 4 is 15.8 Å².